The fourth-order valence-electron chi connectivity index (χ4n) is 3.31. The zero-order valence-electron chi connectivity index (χ0n) is 15.8. The Kier molecular flexibility index (Phi) is 4.86. The average molecular weight is 385 g/mol. The maximum absolute atomic E-state index is 13.7. The maximum Gasteiger partial charge on any atom is 0.410 e. The number of carbonyl (C=O) groups excluding carboxylic acids is 1. The SMILES string of the molecule is CC(C)(C)OC(=O)N1CCn2c(C#N)c(-c3cccc(F)c3)c(C(=O)O)c2C1. The minimum atomic E-state index is -1.24. The summed E-state index contributed by atoms with van der Waals surface area (Å²) >= 11 is 0. The van der Waals surface area contributed by atoms with E-state index in [9.17, 15) is 24.3 Å². The van der Waals surface area contributed by atoms with Crippen molar-refractivity contribution in [3.63, 3.8) is 0 Å². The molecule has 1 N–H and O–H groups in total. The normalized spacial score (nSPS) is 13.6. The molecule has 1 amide bonds. The van der Waals surface area contributed by atoms with Gasteiger partial charge in [-0.05, 0) is 38.5 Å². The number of aromatic carboxylic acids is 1. The van der Waals surface area contributed by atoms with Crippen LogP contribution in [-0.2, 0) is 17.8 Å². The third-order valence-corrected chi connectivity index (χ3v) is 4.39. The van der Waals surface area contributed by atoms with Crippen molar-refractivity contribution in [1.29, 1.82) is 5.26 Å². The van der Waals surface area contributed by atoms with Crippen molar-refractivity contribution in [3.05, 3.63) is 47.0 Å². The molecule has 0 radical (unpaired) electrons. The summed E-state index contributed by atoms with van der Waals surface area (Å²) in [6, 6.07) is 7.50. The molecule has 146 valence electrons. The second kappa shape index (κ2) is 7.00. The standard InChI is InChI=1S/C20H20FN3O4/c1-20(2,3)28-19(27)23-7-8-24-14(10-22)16(12-5-4-6-13(21)9-12)17(18(25)26)15(24)11-23/h4-6,9H,7-8,11H2,1-3H3,(H,25,26). The molecule has 28 heavy (non-hydrogen) atoms. The van der Waals surface area contributed by atoms with Gasteiger partial charge in [0, 0.05) is 18.7 Å². The zero-order chi connectivity index (χ0) is 20.6. The molecule has 0 fully saturated rings. The Labute approximate surface area is 161 Å². The third-order valence-electron chi connectivity index (χ3n) is 4.39. The summed E-state index contributed by atoms with van der Waals surface area (Å²) in [5.74, 6) is -1.77. The van der Waals surface area contributed by atoms with Crippen LogP contribution in [0.2, 0.25) is 0 Å². The minimum absolute atomic E-state index is 0.0134. The predicted octanol–water partition coefficient (Wildman–Crippen LogP) is 3.61. The van der Waals surface area contributed by atoms with Crippen molar-refractivity contribution in [2.45, 2.75) is 39.5 Å². The Morgan fingerprint density at radius 3 is 2.57 bits per heavy atom. The van der Waals surface area contributed by atoms with Crippen LogP contribution >= 0.6 is 0 Å². The summed E-state index contributed by atoms with van der Waals surface area (Å²) < 4.78 is 20.7. The van der Waals surface area contributed by atoms with Gasteiger partial charge in [-0.2, -0.15) is 5.26 Å². The fourth-order valence-corrected chi connectivity index (χ4v) is 3.31. The molecular formula is C20H20FN3O4. The molecule has 1 aromatic heterocycles. The van der Waals surface area contributed by atoms with Gasteiger partial charge in [-0.1, -0.05) is 12.1 Å². The van der Waals surface area contributed by atoms with E-state index >= 15 is 0 Å². The Hall–Kier alpha value is -3.34. The van der Waals surface area contributed by atoms with Gasteiger partial charge in [-0.25, -0.2) is 14.0 Å². The van der Waals surface area contributed by atoms with Gasteiger partial charge in [0.05, 0.1) is 17.8 Å². The molecular weight excluding hydrogens is 365 g/mol. The molecule has 2 heterocycles. The molecule has 7 nitrogen and oxygen atoms in total. The highest BCUT2D eigenvalue weighted by atomic mass is 19.1. The topological polar surface area (TPSA) is 95.6 Å². The van der Waals surface area contributed by atoms with E-state index in [0.29, 0.717) is 11.3 Å². The summed E-state index contributed by atoms with van der Waals surface area (Å²) in [5, 5.41) is 19.5. The zero-order valence-corrected chi connectivity index (χ0v) is 15.8. The minimum Gasteiger partial charge on any atom is -0.478 e. The number of carbonyl (C=O) groups is 2. The molecule has 0 spiro atoms. The average Bonchev–Trinajstić information content (AvgIpc) is 2.93. The summed E-state index contributed by atoms with van der Waals surface area (Å²) in [6.45, 7) is 5.74. The first kappa shape index (κ1) is 19.4. The highest BCUT2D eigenvalue weighted by Crippen LogP contribution is 2.35. The van der Waals surface area contributed by atoms with Crippen LogP contribution in [0.5, 0.6) is 0 Å². The van der Waals surface area contributed by atoms with E-state index in [0.717, 1.165) is 0 Å². The van der Waals surface area contributed by atoms with Crippen LogP contribution in [0.15, 0.2) is 24.3 Å². The molecule has 0 atom stereocenters. The molecule has 3 rings (SSSR count). The van der Waals surface area contributed by atoms with Crippen molar-refractivity contribution in [1.82, 2.24) is 9.47 Å². The Balaban J connectivity index is 2.11. The summed E-state index contributed by atoms with van der Waals surface area (Å²) in [7, 11) is 0. The Morgan fingerprint density at radius 1 is 1.29 bits per heavy atom. The monoisotopic (exact) mass is 385 g/mol. The lowest BCUT2D eigenvalue weighted by Crippen LogP contribution is -2.42. The first-order chi connectivity index (χ1) is 13.1. The lowest BCUT2D eigenvalue weighted by molar-refractivity contribution is 0.0196. The molecule has 0 bridgehead atoms. The summed E-state index contributed by atoms with van der Waals surface area (Å²) in [4.78, 5) is 25.9. The van der Waals surface area contributed by atoms with E-state index in [-0.39, 0.29) is 36.5 Å². The van der Waals surface area contributed by atoms with Gasteiger partial charge in [0.2, 0.25) is 0 Å². The second-order valence-electron chi connectivity index (χ2n) is 7.53. The van der Waals surface area contributed by atoms with Crippen molar-refractivity contribution in [2.75, 3.05) is 6.54 Å². The fraction of sp³-hybridized carbons (Fsp3) is 0.350. The molecule has 8 heteroatoms. The van der Waals surface area contributed by atoms with Gasteiger partial charge >= 0.3 is 12.1 Å². The van der Waals surface area contributed by atoms with Gasteiger partial charge in [0.15, 0.2) is 0 Å². The van der Waals surface area contributed by atoms with Crippen LogP contribution in [0.1, 0.15) is 42.5 Å². The van der Waals surface area contributed by atoms with Gasteiger partial charge in [0.1, 0.15) is 23.2 Å². The first-order valence-corrected chi connectivity index (χ1v) is 8.75. The lowest BCUT2D eigenvalue weighted by Gasteiger charge is -2.31. The van der Waals surface area contributed by atoms with Crippen LogP contribution in [0, 0.1) is 17.1 Å². The number of aromatic nitrogens is 1. The number of nitriles is 1. The van der Waals surface area contributed by atoms with Crippen LogP contribution < -0.4 is 0 Å². The predicted molar refractivity (Wildman–Crippen MR) is 98.1 cm³/mol. The maximum atomic E-state index is 13.7. The highest BCUT2D eigenvalue weighted by molar-refractivity contribution is 5.99. The van der Waals surface area contributed by atoms with E-state index in [1.807, 2.05) is 6.07 Å². The van der Waals surface area contributed by atoms with E-state index in [1.165, 1.54) is 23.1 Å². The third kappa shape index (κ3) is 3.56. The van der Waals surface area contributed by atoms with Gasteiger partial charge < -0.3 is 19.3 Å². The molecule has 1 aliphatic rings. The molecule has 1 aliphatic heterocycles. The van der Waals surface area contributed by atoms with Crippen molar-refractivity contribution in [3.8, 4) is 17.2 Å². The number of hydrogen-bond acceptors (Lipinski definition) is 4. The number of halogens is 1. The first-order valence-electron chi connectivity index (χ1n) is 8.75. The summed E-state index contributed by atoms with van der Waals surface area (Å²) in [5.41, 5.74) is 0.143. The van der Waals surface area contributed by atoms with Crippen molar-refractivity contribution in [2.24, 2.45) is 0 Å². The van der Waals surface area contributed by atoms with Crippen molar-refractivity contribution >= 4 is 12.1 Å². The van der Waals surface area contributed by atoms with Crippen LogP contribution in [0.3, 0.4) is 0 Å². The molecule has 0 unspecified atom stereocenters. The molecule has 2 aromatic rings. The van der Waals surface area contributed by atoms with E-state index in [2.05, 4.69) is 0 Å². The number of carboxylic acid groups (broad SMARTS) is 1. The van der Waals surface area contributed by atoms with Gasteiger partial charge in [-0.3, -0.25) is 0 Å². The second-order valence-corrected chi connectivity index (χ2v) is 7.53. The number of rotatable bonds is 2. The quantitative estimate of drug-likeness (QED) is 0.852. The lowest BCUT2D eigenvalue weighted by atomic mass is 10.00. The molecule has 1 aromatic carbocycles. The number of ether oxygens (including phenoxy) is 1. The Bertz CT molecular complexity index is 998. The molecule has 0 saturated carbocycles. The number of nitrogens with zero attached hydrogens (tertiary/aromatic N) is 3. The smallest absolute Gasteiger partial charge is 0.410 e. The Morgan fingerprint density at radius 2 is 2.00 bits per heavy atom. The van der Waals surface area contributed by atoms with Crippen LogP contribution in [-0.4, -0.2) is 38.8 Å². The largest absolute Gasteiger partial charge is 0.478 e. The van der Waals surface area contributed by atoms with Crippen LogP contribution in [0.25, 0.3) is 11.1 Å². The van der Waals surface area contributed by atoms with Crippen LogP contribution in [0.4, 0.5) is 9.18 Å². The molecule has 0 aliphatic carbocycles. The summed E-state index contributed by atoms with van der Waals surface area (Å²) in [6.07, 6.45) is -0.554. The van der Waals surface area contributed by atoms with E-state index in [1.54, 1.807) is 31.4 Å². The highest BCUT2D eigenvalue weighted by Gasteiger charge is 2.34. The number of fused-ring (bicyclic) bond motifs is 1. The van der Waals surface area contributed by atoms with Gasteiger partial charge in [-0.15, -0.1) is 0 Å². The van der Waals surface area contributed by atoms with Gasteiger partial charge in [0.25, 0.3) is 0 Å². The molecule has 0 saturated heterocycles. The number of benzene rings is 1. The number of hydrogen-bond donors (Lipinski definition) is 1. The van der Waals surface area contributed by atoms with Crippen molar-refractivity contribution < 1.29 is 23.8 Å². The number of amides is 1. The van der Waals surface area contributed by atoms with E-state index in [4.69, 9.17) is 4.74 Å². The number of carboxylic acids is 1. The van der Waals surface area contributed by atoms with E-state index < -0.39 is 23.5 Å².